The lowest BCUT2D eigenvalue weighted by Crippen LogP contribution is -2.44. The van der Waals surface area contributed by atoms with Crippen LogP contribution in [0.2, 0.25) is 0 Å². The normalized spacial score (nSPS) is 18.4. The molecule has 2 fully saturated rings. The highest BCUT2D eigenvalue weighted by atomic mass is 35.5. The van der Waals surface area contributed by atoms with E-state index < -0.39 is 5.91 Å². The van der Waals surface area contributed by atoms with Crippen LogP contribution in [0.1, 0.15) is 24.7 Å². The molecule has 0 unspecified atom stereocenters. The second kappa shape index (κ2) is 6.80. The molecular formula is C17H23ClFN5O. The Morgan fingerprint density at radius 1 is 1.28 bits per heavy atom. The number of nitrogens with zero attached hydrogens (tertiary/aromatic N) is 4. The average molecular weight is 368 g/mol. The molecule has 0 bridgehead atoms. The fourth-order valence-electron chi connectivity index (χ4n) is 3.47. The molecule has 1 aromatic carbocycles. The van der Waals surface area contributed by atoms with Gasteiger partial charge in [0.05, 0.1) is 23.1 Å². The third kappa shape index (κ3) is 3.43. The summed E-state index contributed by atoms with van der Waals surface area (Å²) in [4.78, 5) is 20.1. The van der Waals surface area contributed by atoms with Crippen molar-refractivity contribution in [3.05, 3.63) is 23.8 Å². The van der Waals surface area contributed by atoms with E-state index in [1.165, 1.54) is 6.07 Å². The molecule has 2 N–H and O–H groups in total. The van der Waals surface area contributed by atoms with Crippen LogP contribution in [0.4, 0.5) is 10.1 Å². The zero-order chi connectivity index (χ0) is 16.8. The number of imidazole rings is 1. The maximum Gasteiger partial charge on any atom is 0.225 e. The van der Waals surface area contributed by atoms with Gasteiger partial charge in [0.1, 0.15) is 11.6 Å². The van der Waals surface area contributed by atoms with Crippen molar-refractivity contribution >= 4 is 35.0 Å². The monoisotopic (exact) mass is 367 g/mol. The topological polar surface area (TPSA) is 67.4 Å². The lowest BCUT2D eigenvalue weighted by atomic mass is 10.2. The van der Waals surface area contributed by atoms with Crippen molar-refractivity contribution in [2.75, 3.05) is 38.1 Å². The van der Waals surface area contributed by atoms with E-state index in [0.29, 0.717) is 23.1 Å². The number of aromatic nitrogens is 2. The minimum absolute atomic E-state index is 0. The number of fused-ring (bicyclic) bond motifs is 1. The number of likely N-dealkylation sites (N-methyl/N-ethyl adjacent to an activating group) is 1. The lowest BCUT2D eigenvalue weighted by Gasteiger charge is -2.34. The van der Waals surface area contributed by atoms with Crippen molar-refractivity contribution in [3.63, 3.8) is 0 Å². The molecule has 2 aliphatic rings. The first kappa shape index (κ1) is 17.9. The fraction of sp³-hybridized carbons (Fsp3) is 0.529. The minimum atomic E-state index is -0.410. The number of carbonyl (C=O) groups is 1. The van der Waals surface area contributed by atoms with Crippen molar-refractivity contribution in [3.8, 4) is 0 Å². The maximum absolute atomic E-state index is 14.6. The van der Waals surface area contributed by atoms with Crippen LogP contribution in [0.25, 0.3) is 11.0 Å². The summed E-state index contributed by atoms with van der Waals surface area (Å²) >= 11 is 0. The summed E-state index contributed by atoms with van der Waals surface area (Å²) in [5, 5.41) is 0. The van der Waals surface area contributed by atoms with Gasteiger partial charge in [-0.3, -0.25) is 4.79 Å². The maximum atomic E-state index is 14.6. The van der Waals surface area contributed by atoms with Gasteiger partial charge in [-0.05, 0) is 26.0 Å². The molecule has 1 aromatic heterocycles. The number of nitrogens with two attached hydrogens (primary N) is 1. The predicted octanol–water partition coefficient (Wildman–Crippen LogP) is 1.71. The van der Waals surface area contributed by atoms with Crippen LogP contribution in [-0.2, 0) is 11.2 Å². The zero-order valence-corrected chi connectivity index (χ0v) is 15.1. The van der Waals surface area contributed by atoms with Crippen molar-refractivity contribution in [1.29, 1.82) is 0 Å². The van der Waals surface area contributed by atoms with Gasteiger partial charge in [-0.1, -0.05) is 0 Å². The minimum Gasteiger partial charge on any atom is -0.369 e. The third-order valence-corrected chi connectivity index (χ3v) is 4.92. The second-order valence-corrected chi connectivity index (χ2v) is 6.85. The highest BCUT2D eigenvalue weighted by Gasteiger charge is 2.29. The first-order valence-electron chi connectivity index (χ1n) is 8.45. The van der Waals surface area contributed by atoms with E-state index in [1.54, 1.807) is 0 Å². The Hall–Kier alpha value is -1.86. The molecule has 4 rings (SSSR count). The highest BCUT2D eigenvalue weighted by molar-refractivity contribution is 5.85. The molecule has 8 heteroatoms. The van der Waals surface area contributed by atoms with Crippen LogP contribution < -0.4 is 10.6 Å². The Kier molecular flexibility index (Phi) is 4.88. The molecule has 136 valence electrons. The molecule has 2 aromatic rings. The quantitative estimate of drug-likeness (QED) is 0.893. The Morgan fingerprint density at radius 3 is 2.56 bits per heavy atom. The number of halogens is 2. The van der Waals surface area contributed by atoms with E-state index in [-0.39, 0.29) is 24.6 Å². The second-order valence-electron chi connectivity index (χ2n) is 6.85. The van der Waals surface area contributed by atoms with Gasteiger partial charge in [0.2, 0.25) is 5.91 Å². The zero-order valence-electron chi connectivity index (χ0n) is 14.2. The molecule has 25 heavy (non-hydrogen) atoms. The van der Waals surface area contributed by atoms with Crippen LogP contribution in [0.15, 0.2) is 12.1 Å². The lowest BCUT2D eigenvalue weighted by molar-refractivity contribution is -0.117. The first-order valence-corrected chi connectivity index (χ1v) is 8.45. The summed E-state index contributed by atoms with van der Waals surface area (Å²) in [6, 6.07) is 3.74. The number of carbonyl (C=O) groups excluding carboxylic acids is 1. The van der Waals surface area contributed by atoms with Gasteiger partial charge in [-0.25, -0.2) is 9.37 Å². The molecule has 0 atom stereocenters. The Morgan fingerprint density at radius 2 is 1.96 bits per heavy atom. The van der Waals surface area contributed by atoms with E-state index in [2.05, 4.69) is 26.4 Å². The molecule has 1 saturated carbocycles. The van der Waals surface area contributed by atoms with Crippen LogP contribution in [0.3, 0.4) is 0 Å². The third-order valence-electron chi connectivity index (χ3n) is 4.92. The number of anilines is 1. The molecule has 6 nitrogen and oxygen atoms in total. The van der Waals surface area contributed by atoms with Gasteiger partial charge >= 0.3 is 0 Å². The molecule has 1 saturated heterocycles. The van der Waals surface area contributed by atoms with Crippen LogP contribution in [-0.4, -0.2) is 53.6 Å². The van der Waals surface area contributed by atoms with Crippen molar-refractivity contribution < 1.29 is 9.18 Å². The van der Waals surface area contributed by atoms with Gasteiger partial charge < -0.3 is 20.1 Å². The molecule has 0 radical (unpaired) electrons. The van der Waals surface area contributed by atoms with E-state index in [9.17, 15) is 9.18 Å². The van der Waals surface area contributed by atoms with Crippen LogP contribution in [0, 0.1) is 5.82 Å². The molecule has 1 amide bonds. The molecular weight excluding hydrogens is 345 g/mol. The summed E-state index contributed by atoms with van der Waals surface area (Å²) in [7, 11) is 2.08. The summed E-state index contributed by atoms with van der Waals surface area (Å²) in [5.74, 6) is -0.0139. The Balaban J connectivity index is 0.00000182. The Labute approximate surface area is 152 Å². The van der Waals surface area contributed by atoms with E-state index >= 15 is 0 Å². The number of benzene rings is 1. The van der Waals surface area contributed by atoms with Gasteiger partial charge in [-0.2, -0.15) is 0 Å². The molecule has 1 aliphatic carbocycles. The van der Waals surface area contributed by atoms with Crippen LogP contribution in [0.5, 0.6) is 0 Å². The molecule has 0 spiro atoms. The average Bonchev–Trinajstić information content (AvgIpc) is 3.30. The number of piperazine rings is 1. The summed E-state index contributed by atoms with van der Waals surface area (Å²) < 4.78 is 16.7. The van der Waals surface area contributed by atoms with Crippen LogP contribution >= 0.6 is 12.4 Å². The van der Waals surface area contributed by atoms with Crippen molar-refractivity contribution in [2.45, 2.75) is 25.3 Å². The van der Waals surface area contributed by atoms with Crippen molar-refractivity contribution in [1.82, 2.24) is 14.5 Å². The van der Waals surface area contributed by atoms with E-state index in [1.807, 2.05) is 6.07 Å². The largest absolute Gasteiger partial charge is 0.369 e. The van der Waals surface area contributed by atoms with Gasteiger partial charge in [0, 0.05) is 38.3 Å². The number of hydrogen-bond acceptors (Lipinski definition) is 4. The number of primary amides is 1. The SMILES string of the molecule is CN1CCN(c2cc3c(cc2F)nc(CC(N)=O)n3C2CC2)CC1.Cl. The summed E-state index contributed by atoms with van der Waals surface area (Å²) in [6.45, 7) is 3.47. The van der Waals surface area contributed by atoms with Gasteiger partial charge in [0.15, 0.2) is 0 Å². The Bertz CT molecular complexity index is 796. The van der Waals surface area contributed by atoms with Gasteiger partial charge in [0.25, 0.3) is 0 Å². The smallest absolute Gasteiger partial charge is 0.225 e. The van der Waals surface area contributed by atoms with Gasteiger partial charge in [-0.15, -0.1) is 12.4 Å². The standard InChI is InChI=1S/C17H22FN5O.ClH/c1-21-4-6-22(7-5-21)14-9-15-13(8-12(14)18)20-17(10-16(19)24)23(15)11-2-3-11;/h8-9,11H,2-7,10H2,1H3,(H2,19,24);1H. The summed E-state index contributed by atoms with van der Waals surface area (Å²) in [6.07, 6.45) is 2.23. The number of rotatable bonds is 4. The predicted molar refractivity (Wildman–Crippen MR) is 97.8 cm³/mol. The molecule has 2 heterocycles. The number of amides is 1. The van der Waals surface area contributed by atoms with E-state index in [0.717, 1.165) is 44.5 Å². The highest BCUT2D eigenvalue weighted by Crippen LogP contribution is 2.40. The molecule has 1 aliphatic heterocycles. The van der Waals surface area contributed by atoms with E-state index in [4.69, 9.17) is 5.73 Å². The summed E-state index contributed by atoms with van der Waals surface area (Å²) in [5.41, 5.74) is 7.49. The van der Waals surface area contributed by atoms with Crippen molar-refractivity contribution in [2.24, 2.45) is 5.73 Å². The number of hydrogen-bond donors (Lipinski definition) is 1. The first-order chi connectivity index (χ1) is 11.5. The fourth-order valence-corrected chi connectivity index (χ4v) is 3.47.